The summed E-state index contributed by atoms with van der Waals surface area (Å²) in [6.07, 6.45) is 1.25. The third-order valence-electron chi connectivity index (χ3n) is 5.91. The lowest BCUT2D eigenvalue weighted by atomic mass is 10.2. The molecule has 0 atom stereocenters. The molecule has 0 aliphatic heterocycles. The van der Waals surface area contributed by atoms with Crippen LogP contribution >= 0.6 is 6.89 Å². The van der Waals surface area contributed by atoms with Crippen molar-refractivity contribution in [2.75, 3.05) is 0 Å². The Morgan fingerprint density at radius 1 is 0.636 bits per heavy atom. The minimum absolute atomic E-state index is 0.365. The highest BCUT2D eigenvalue weighted by atomic mass is 32.2. The van der Waals surface area contributed by atoms with E-state index >= 15 is 0 Å². The highest BCUT2D eigenvalue weighted by Gasteiger charge is 2.36. The minimum atomic E-state index is -3.72. The molecular formula is C29H29O2PS. The van der Waals surface area contributed by atoms with Gasteiger partial charge in [-0.15, -0.1) is 0 Å². The van der Waals surface area contributed by atoms with E-state index in [9.17, 15) is 8.42 Å². The van der Waals surface area contributed by atoms with Crippen LogP contribution in [0, 0.1) is 6.92 Å². The zero-order valence-corrected chi connectivity index (χ0v) is 20.8. The fourth-order valence-electron chi connectivity index (χ4n) is 4.38. The summed E-state index contributed by atoms with van der Waals surface area (Å²) in [7, 11) is -3.72. The van der Waals surface area contributed by atoms with Crippen molar-refractivity contribution in [2.45, 2.75) is 31.6 Å². The molecule has 4 rings (SSSR count). The van der Waals surface area contributed by atoms with Crippen LogP contribution in [0.1, 0.15) is 25.3 Å². The molecule has 4 aromatic carbocycles. The van der Waals surface area contributed by atoms with Crippen LogP contribution in [0.2, 0.25) is 0 Å². The Morgan fingerprint density at radius 3 is 1.39 bits per heavy atom. The molecule has 0 bridgehead atoms. The van der Waals surface area contributed by atoms with Crippen molar-refractivity contribution in [1.82, 2.24) is 0 Å². The van der Waals surface area contributed by atoms with Crippen molar-refractivity contribution in [3.8, 4) is 0 Å². The average molecular weight is 473 g/mol. The van der Waals surface area contributed by atoms with Crippen LogP contribution in [0.4, 0.5) is 0 Å². The molecule has 33 heavy (non-hydrogen) atoms. The van der Waals surface area contributed by atoms with E-state index in [4.69, 9.17) is 0 Å². The van der Waals surface area contributed by atoms with Gasteiger partial charge < -0.3 is 0 Å². The molecule has 0 spiro atoms. The van der Waals surface area contributed by atoms with Crippen molar-refractivity contribution in [3.05, 3.63) is 121 Å². The van der Waals surface area contributed by atoms with Crippen LogP contribution in [0.15, 0.2) is 120 Å². The van der Waals surface area contributed by atoms with E-state index in [0.717, 1.165) is 27.9 Å². The van der Waals surface area contributed by atoms with E-state index in [1.165, 1.54) is 0 Å². The summed E-state index contributed by atoms with van der Waals surface area (Å²) in [5.74, 6) is 0. The third kappa shape index (κ3) is 4.36. The first-order chi connectivity index (χ1) is 16.0. The van der Waals surface area contributed by atoms with Crippen molar-refractivity contribution in [1.29, 1.82) is 0 Å². The quantitative estimate of drug-likeness (QED) is 0.324. The van der Waals surface area contributed by atoms with Crippen LogP contribution in [0.25, 0.3) is 0 Å². The van der Waals surface area contributed by atoms with Crippen molar-refractivity contribution >= 4 is 37.3 Å². The summed E-state index contributed by atoms with van der Waals surface area (Å²) in [6, 6.07) is 37.8. The molecule has 168 valence electrons. The molecule has 0 heterocycles. The smallest absolute Gasteiger partial charge is 0.203 e. The number of benzene rings is 4. The topological polar surface area (TPSA) is 34.1 Å². The molecule has 0 unspecified atom stereocenters. The van der Waals surface area contributed by atoms with Crippen LogP contribution in [0.5, 0.6) is 0 Å². The van der Waals surface area contributed by atoms with Gasteiger partial charge in [0, 0.05) is 0 Å². The standard InChI is InChI=1S/C29H29O2PS/c1-3-13-29(33(30,31)28-22-20-24(2)21-23-28)32(25-14-7-4-8-15-25,26-16-9-5-10-17-26)27-18-11-6-12-19-27/h4-12,14-23H,3,13H2,1-2H3. The van der Waals surface area contributed by atoms with Crippen LogP contribution in [0.3, 0.4) is 0 Å². The molecule has 0 fully saturated rings. The molecule has 4 aromatic rings. The molecule has 0 amide bonds. The Labute approximate surface area is 197 Å². The molecule has 4 heteroatoms. The molecule has 0 saturated heterocycles. The van der Waals surface area contributed by atoms with Gasteiger partial charge in [0.05, 0.1) is 9.52 Å². The summed E-state index contributed by atoms with van der Waals surface area (Å²) < 4.78 is 29.4. The number of aryl methyl sites for hydroxylation is 1. The van der Waals surface area contributed by atoms with Gasteiger partial charge >= 0.3 is 0 Å². The Bertz CT molecular complexity index is 1260. The lowest BCUT2D eigenvalue weighted by Crippen LogP contribution is -2.33. The molecule has 0 saturated carbocycles. The Hall–Kier alpha value is -2.87. The summed E-state index contributed by atoms with van der Waals surface area (Å²) in [4.78, 5) is 0.365. The Balaban J connectivity index is 2.26. The van der Waals surface area contributed by atoms with Crippen LogP contribution < -0.4 is 15.9 Å². The van der Waals surface area contributed by atoms with Gasteiger partial charge in [-0.05, 0) is 48.3 Å². The van der Waals surface area contributed by atoms with Crippen LogP contribution in [-0.4, -0.2) is 13.0 Å². The monoisotopic (exact) mass is 472 g/mol. The van der Waals surface area contributed by atoms with Gasteiger partial charge in [0.15, 0.2) is 0 Å². The van der Waals surface area contributed by atoms with Gasteiger partial charge in [-0.1, -0.05) is 122 Å². The minimum Gasteiger partial charge on any atom is -0.219 e. The molecule has 0 N–H and O–H groups in total. The lowest BCUT2D eigenvalue weighted by molar-refractivity contribution is 0.607. The number of hydrogen-bond acceptors (Lipinski definition) is 2. The lowest BCUT2D eigenvalue weighted by Gasteiger charge is -2.32. The first-order valence-electron chi connectivity index (χ1n) is 11.3. The van der Waals surface area contributed by atoms with Crippen molar-refractivity contribution < 1.29 is 8.42 Å². The molecule has 0 aromatic heterocycles. The normalized spacial score (nSPS) is 11.8. The van der Waals surface area contributed by atoms with Gasteiger partial charge in [0.2, 0.25) is 9.84 Å². The largest absolute Gasteiger partial charge is 0.219 e. The maximum absolute atomic E-state index is 14.4. The average Bonchev–Trinajstić information content (AvgIpc) is 2.86. The number of rotatable bonds is 7. The molecule has 0 aliphatic carbocycles. The van der Waals surface area contributed by atoms with Crippen molar-refractivity contribution in [3.63, 3.8) is 0 Å². The Morgan fingerprint density at radius 2 is 1.03 bits per heavy atom. The summed E-state index contributed by atoms with van der Waals surface area (Å²) in [5, 5.41) is 3.17. The zero-order chi connectivity index (χ0) is 23.3. The van der Waals surface area contributed by atoms with E-state index < -0.39 is 16.7 Å². The second-order valence-corrected chi connectivity index (χ2v) is 13.8. The Kier molecular flexibility index (Phi) is 7.02. The van der Waals surface area contributed by atoms with E-state index in [-0.39, 0.29) is 0 Å². The van der Waals surface area contributed by atoms with Gasteiger partial charge in [-0.25, -0.2) is 8.42 Å². The predicted molar refractivity (Wildman–Crippen MR) is 143 cm³/mol. The maximum Gasteiger partial charge on any atom is 0.203 e. The number of hydrogen-bond donors (Lipinski definition) is 0. The second kappa shape index (κ2) is 9.95. The van der Waals surface area contributed by atoms with Gasteiger partial charge in [0.25, 0.3) is 0 Å². The van der Waals surface area contributed by atoms with E-state index in [1.54, 1.807) is 12.1 Å². The first kappa shape index (κ1) is 23.3. The van der Waals surface area contributed by atoms with Gasteiger partial charge in [-0.3, -0.25) is 0 Å². The van der Waals surface area contributed by atoms with Gasteiger partial charge in [-0.2, -0.15) is 0 Å². The summed E-state index contributed by atoms with van der Waals surface area (Å²) in [6.45, 7) is 1.38. The zero-order valence-electron chi connectivity index (χ0n) is 19.1. The second-order valence-electron chi connectivity index (χ2n) is 8.14. The van der Waals surface area contributed by atoms with E-state index in [1.807, 2.05) is 73.7 Å². The predicted octanol–water partition coefficient (Wildman–Crippen LogP) is 5.69. The van der Waals surface area contributed by atoms with E-state index in [2.05, 4.69) is 43.3 Å². The summed E-state index contributed by atoms with van der Waals surface area (Å²) >= 11 is 0. The highest BCUT2D eigenvalue weighted by Crippen LogP contribution is 2.49. The number of sulfone groups is 1. The molecule has 0 radical (unpaired) electrons. The van der Waals surface area contributed by atoms with E-state index in [0.29, 0.717) is 15.9 Å². The fraction of sp³-hybridized carbons (Fsp3) is 0.138. The SMILES string of the molecule is CCCC(=P(c1ccccc1)(c1ccccc1)c1ccccc1)S(=O)(=O)c1ccc(C)cc1. The fourth-order valence-corrected chi connectivity index (χ4v) is 12.5. The van der Waals surface area contributed by atoms with Gasteiger partial charge in [0.1, 0.15) is 0 Å². The maximum atomic E-state index is 14.4. The van der Waals surface area contributed by atoms with Crippen molar-refractivity contribution in [2.24, 2.45) is 0 Å². The molecule has 0 aliphatic rings. The summed E-state index contributed by atoms with van der Waals surface area (Å²) in [5.41, 5.74) is 1.04. The third-order valence-corrected chi connectivity index (χ3v) is 13.4. The molecular weight excluding hydrogens is 443 g/mol. The molecule has 2 nitrogen and oxygen atoms in total. The van der Waals surface area contributed by atoms with Crippen LogP contribution in [-0.2, 0) is 9.84 Å². The highest BCUT2D eigenvalue weighted by molar-refractivity contribution is 8.20. The first-order valence-corrected chi connectivity index (χ1v) is 14.5.